The van der Waals surface area contributed by atoms with Crippen molar-refractivity contribution in [3.63, 3.8) is 0 Å². The number of benzene rings is 1. The zero-order valence-electron chi connectivity index (χ0n) is 21.6. The molecule has 0 aliphatic rings. The number of nitrogens with two attached hydrogens (primary N) is 1. The van der Waals surface area contributed by atoms with E-state index in [0.29, 0.717) is 5.56 Å². The van der Waals surface area contributed by atoms with Crippen LogP contribution in [0.4, 0.5) is 0 Å². The van der Waals surface area contributed by atoms with Crippen molar-refractivity contribution >= 4 is 47.4 Å². The van der Waals surface area contributed by atoms with Crippen LogP contribution in [0.15, 0.2) is 30.3 Å². The van der Waals surface area contributed by atoms with E-state index in [9.17, 15) is 43.5 Å². The molecule has 3 atom stereocenters. The molecule has 0 saturated carbocycles. The number of carboxylic acid groups (broad SMARTS) is 2. The van der Waals surface area contributed by atoms with Gasteiger partial charge in [0.2, 0.25) is 35.4 Å². The summed E-state index contributed by atoms with van der Waals surface area (Å²) >= 11 is 0. The molecule has 0 fully saturated rings. The van der Waals surface area contributed by atoms with E-state index < -0.39 is 85.0 Å². The van der Waals surface area contributed by atoms with Crippen LogP contribution in [0.25, 0.3) is 0 Å². The van der Waals surface area contributed by atoms with E-state index in [4.69, 9.17) is 10.8 Å². The maximum absolute atomic E-state index is 12.5. The van der Waals surface area contributed by atoms with Crippen LogP contribution in [0.1, 0.15) is 31.7 Å². The number of hydrogen-bond acceptors (Lipinski definition) is 8. The van der Waals surface area contributed by atoms with E-state index in [2.05, 4.69) is 26.6 Å². The second-order valence-corrected chi connectivity index (χ2v) is 8.56. The maximum Gasteiger partial charge on any atom is 0.326 e. The predicted molar refractivity (Wildman–Crippen MR) is 136 cm³/mol. The van der Waals surface area contributed by atoms with E-state index in [1.807, 2.05) is 0 Å². The Morgan fingerprint density at radius 3 is 1.77 bits per heavy atom. The number of hydrogen-bond donors (Lipinski definition) is 8. The van der Waals surface area contributed by atoms with Gasteiger partial charge in [-0.25, -0.2) is 4.79 Å². The van der Waals surface area contributed by atoms with Crippen LogP contribution in [0.5, 0.6) is 0 Å². The number of nitrogens with one attached hydrogen (secondary N) is 5. The molecule has 3 unspecified atom stereocenters. The number of aliphatic carboxylic acids is 2. The fourth-order valence-corrected chi connectivity index (χ4v) is 3.31. The summed E-state index contributed by atoms with van der Waals surface area (Å²) in [6, 6.07) is 4.37. The minimum atomic E-state index is -1.64. The first kappa shape index (κ1) is 33.0. The summed E-state index contributed by atoms with van der Waals surface area (Å²) in [5.41, 5.74) is 5.69. The van der Waals surface area contributed by atoms with Gasteiger partial charge in [0.1, 0.15) is 18.1 Å². The number of carboxylic acids is 2. The Balaban J connectivity index is 2.68. The fourth-order valence-electron chi connectivity index (χ4n) is 3.31. The van der Waals surface area contributed by atoms with E-state index in [-0.39, 0.29) is 19.3 Å². The summed E-state index contributed by atoms with van der Waals surface area (Å²) in [7, 11) is 0. The van der Waals surface area contributed by atoms with E-state index in [0.717, 1.165) is 6.92 Å². The molecular weight excluding hydrogens is 532 g/mol. The third-order valence-corrected chi connectivity index (χ3v) is 5.17. The highest BCUT2D eigenvalue weighted by atomic mass is 16.4. The van der Waals surface area contributed by atoms with Crippen molar-refractivity contribution in [2.24, 2.45) is 5.73 Å². The standard InChI is InChI=1S/C24H32N6O10/c1-13(31)28-15(7-8-18(25)32)22(37)26-11-19(33)29-16(10-21(35)36)23(38)27-12-20(34)30-17(24(39)40)9-14-5-3-2-4-6-14/h2-6,15-17H,7-12H2,1H3,(H2,25,32)(H,26,37)(H,27,38)(H,28,31)(H,29,33)(H,30,34)(H,35,36)(H,39,40). The largest absolute Gasteiger partial charge is 0.481 e. The molecule has 0 aliphatic heterocycles. The summed E-state index contributed by atoms with van der Waals surface area (Å²) in [5, 5.41) is 29.5. The van der Waals surface area contributed by atoms with Crippen molar-refractivity contribution in [1.82, 2.24) is 26.6 Å². The number of carbonyl (C=O) groups is 8. The van der Waals surface area contributed by atoms with Gasteiger partial charge in [-0.3, -0.25) is 33.6 Å². The van der Waals surface area contributed by atoms with Gasteiger partial charge in [0, 0.05) is 19.8 Å². The summed E-state index contributed by atoms with van der Waals surface area (Å²) in [6.45, 7) is -0.286. The first-order chi connectivity index (χ1) is 18.8. The monoisotopic (exact) mass is 564 g/mol. The molecule has 0 radical (unpaired) electrons. The zero-order chi connectivity index (χ0) is 30.2. The smallest absolute Gasteiger partial charge is 0.326 e. The molecule has 218 valence electrons. The average molecular weight is 565 g/mol. The van der Waals surface area contributed by atoms with Gasteiger partial charge < -0.3 is 42.5 Å². The lowest BCUT2D eigenvalue weighted by molar-refractivity contribution is -0.142. The van der Waals surface area contributed by atoms with Gasteiger partial charge in [-0.05, 0) is 12.0 Å². The minimum Gasteiger partial charge on any atom is -0.481 e. The van der Waals surface area contributed by atoms with Gasteiger partial charge in [0.25, 0.3) is 0 Å². The van der Waals surface area contributed by atoms with Crippen LogP contribution in [-0.4, -0.2) is 88.8 Å². The Kier molecular flexibility index (Phi) is 13.8. The second-order valence-electron chi connectivity index (χ2n) is 8.56. The Morgan fingerprint density at radius 2 is 1.30 bits per heavy atom. The molecule has 0 heterocycles. The predicted octanol–water partition coefficient (Wildman–Crippen LogP) is -3.24. The van der Waals surface area contributed by atoms with Gasteiger partial charge in [0.05, 0.1) is 19.5 Å². The number of carbonyl (C=O) groups excluding carboxylic acids is 6. The molecule has 0 saturated heterocycles. The van der Waals surface area contributed by atoms with Crippen molar-refractivity contribution in [2.45, 2.75) is 50.7 Å². The molecule has 16 heteroatoms. The van der Waals surface area contributed by atoms with Gasteiger partial charge in [0.15, 0.2) is 0 Å². The lowest BCUT2D eigenvalue weighted by Crippen LogP contribution is -2.54. The lowest BCUT2D eigenvalue weighted by atomic mass is 10.1. The fraction of sp³-hybridized carbons (Fsp3) is 0.417. The van der Waals surface area contributed by atoms with Gasteiger partial charge >= 0.3 is 11.9 Å². The summed E-state index contributed by atoms with van der Waals surface area (Å²) in [4.78, 5) is 94.3. The van der Waals surface area contributed by atoms with E-state index >= 15 is 0 Å². The highest BCUT2D eigenvalue weighted by Crippen LogP contribution is 2.03. The van der Waals surface area contributed by atoms with E-state index in [1.54, 1.807) is 30.3 Å². The van der Waals surface area contributed by atoms with Crippen molar-refractivity contribution in [3.05, 3.63) is 35.9 Å². The molecule has 1 aromatic carbocycles. The van der Waals surface area contributed by atoms with Crippen molar-refractivity contribution in [2.75, 3.05) is 13.1 Å². The molecule has 6 amide bonds. The number of rotatable bonds is 17. The highest BCUT2D eigenvalue weighted by Gasteiger charge is 2.26. The molecule has 0 bridgehead atoms. The van der Waals surface area contributed by atoms with Crippen LogP contribution in [0.2, 0.25) is 0 Å². The Labute approximate surface area is 228 Å². The Morgan fingerprint density at radius 1 is 0.775 bits per heavy atom. The molecule has 0 spiro atoms. The van der Waals surface area contributed by atoms with Crippen LogP contribution in [0.3, 0.4) is 0 Å². The zero-order valence-corrected chi connectivity index (χ0v) is 21.6. The summed E-state index contributed by atoms with van der Waals surface area (Å²) < 4.78 is 0. The van der Waals surface area contributed by atoms with E-state index in [1.165, 1.54) is 0 Å². The molecule has 1 aromatic rings. The molecule has 16 nitrogen and oxygen atoms in total. The molecule has 1 rings (SSSR count). The molecule has 0 aromatic heterocycles. The first-order valence-corrected chi connectivity index (χ1v) is 12.0. The lowest BCUT2D eigenvalue weighted by Gasteiger charge is -2.19. The number of amides is 6. The third kappa shape index (κ3) is 13.5. The highest BCUT2D eigenvalue weighted by molar-refractivity contribution is 5.95. The molecule has 0 aliphatic carbocycles. The van der Waals surface area contributed by atoms with Crippen LogP contribution in [-0.2, 0) is 44.8 Å². The van der Waals surface area contributed by atoms with Gasteiger partial charge in [-0.15, -0.1) is 0 Å². The first-order valence-electron chi connectivity index (χ1n) is 12.0. The van der Waals surface area contributed by atoms with Crippen molar-refractivity contribution < 1.29 is 48.6 Å². The molecular formula is C24H32N6O10. The molecule has 9 N–H and O–H groups in total. The minimum absolute atomic E-state index is 0.0232. The third-order valence-electron chi connectivity index (χ3n) is 5.17. The number of primary amides is 1. The van der Waals surface area contributed by atoms with Crippen LogP contribution >= 0.6 is 0 Å². The van der Waals surface area contributed by atoms with Crippen LogP contribution < -0.4 is 32.3 Å². The Hall–Kier alpha value is -5.02. The van der Waals surface area contributed by atoms with Crippen LogP contribution in [0, 0.1) is 0 Å². The second kappa shape index (κ2) is 16.7. The summed E-state index contributed by atoms with van der Waals surface area (Å²) in [6.07, 6.45) is -1.25. The summed E-state index contributed by atoms with van der Waals surface area (Å²) in [5.74, 6) is -7.78. The van der Waals surface area contributed by atoms with Gasteiger partial charge in [-0.1, -0.05) is 30.3 Å². The van der Waals surface area contributed by atoms with Crippen molar-refractivity contribution in [3.8, 4) is 0 Å². The Bertz CT molecular complexity index is 1110. The SMILES string of the molecule is CC(=O)NC(CCC(N)=O)C(=O)NCC(=O)NC(CC(=O)O)C(=O)NCC(=O)NC(Cc1ccccc1)C(=O)O. The topological polar surface area (TPSA) is 263 Å². The van der Waals surface area contributed by atoms with Crippen molar-refractivity contribution in [1.29, 1.82) is 0 Å². The normalized spacial score (nSPS) is 12.5. The maximum atomic E-state index is 12.5. The average Bonchev–Trinajstić information content (AvgIpc) is 2.87. The quantitative estimate of drug-likeness (QED) is 0.0937. The van der Waals surface area contributed by atoms with Gasteiger partial charge in [-0.2, -0.15) is 0 Å². The molecule has 40 heavy (non-hydrogen) atoms.